The SMILES string of the molecule is CN(CC(=O)Nc1ccc(Cl)cc1)C(=O)c1cc(Br)c[nH]1. The predicted octanol–water partition coefficient (Wildman–Crippen LogP) is 3.14. The van der Waals surface area contributed by atoms with Gasteiger partial charge in [0.1, 0.15) is 5.69 Å². The molecule has 5 nitrogen and oxygen atoms in total. The van der Waals surface area contributed by atoms with Gasteiger partial charge in [0.15, 0.2) is 0 Å². The summed E-state index contributed by atoms with van der Waals surface area (Å²) in [6.07, 6.45) is 1.66. The van der Waals surface area contributed by atoms with E-state index in [4.69, 9.17) is 11.6 Å². The van der Waals surface area contributed by atoms with Gasteiger partial charge in [-0.3, -0.25) is 9.59 Å². The van der Waals surface area contributed by atoms with Crippen LogP contribution in [0.25, 0.3) is 0 Å². The van der Waals surface area contributed by atoms with E-state index < -0.39 is 0 Å². The number of aromatic amines is 1. The smallest absolute Gasteiger partial charge is 0.270 e. The van der Waals surface area contributed by atoms with Crippen LogP contribution in [0, 0.1) is 0 Å². The Labute approximate surface area is 135 Å². The van der Waals surface area contributed by atoms with E-state index in [1.165, 1.54) is 4.90 Å². The first-order valence-electron chi connectivity index (χ1n) is 6.10. The summed E-state index contributed by atoms with van der Waals surface area (Å²) >= 11 is 9.03. The normalized spacial score (nSPS) is 10.2. The lowest BCUT2D eigenvalue weighted by atomic mass is 10.3. The average Bonchev–Trinajstić information content (AvgIpc) is 2.87. The summed E-state index contributed by atoms with van der Waals surface area (Å²) in [5, 5.41) is 3.30. The van der Waals surface area contributed by atoms with Gasteiger partial charge in [0, 0.05) is 28.4 Å². The van der Waals surface area contributed by atoms with Crippen LogP contribution < -0.4 is 5.32 Å². The number of hydrogen-bond acceptors (Lipinski definition) is 2. The van der Waals surface area contributed by atoms with Crippen molar-refractivity contribution < 1.29 is 9.59 Å². The molecule has 0 saturated heterocycles. The molecule has 2 rings (SSSR count). The van der Waals surface area contributed by atoms with Crippen LogP contribution in [-0.2, 0) is 4.79 Å². The highest BCUT2D eigenvalue weighted by molar-refractivity contribution is 9.10. The molecule has 2 N–H and O–H groups in total. The third-order valence-electron chi connectivity index (χ3n) is 2.73. The molecule has 0 spiro atoms. The van der Waals surface area contributed by atoms with Crippen molar-refractivity contribution in [2.45, 2.75) is 0 Å². The predicted molar refractivity (Wildman–Crippen MR) is 85.5 cm³/mol. The Balaban J connectivity index is 1.92. The summed E-state index contributed by atoms with van der Waals surface area (Å²) in [4.78, 5) is 28.1. The van der Waals surface area contributed by atoms with Gasteiger partial charge in [0.05, 0.1) is 6.54 Å². The highest BCUT2D eigenvalue weighted by Crippen LogP contribution is 2.14. The number of benzene rings is 1. The number of anilines is 1. The molecule has 21 heavy (non-hydrogen) atoms. The zero-order valence-electron chi connectivity index (χ0n) is 11.2. The summed E-state index contributed by atoms with van der Waals surface area (Å²) in [6.45, 7) is -0.0436. The van der Waals surface area contributed by atoms with E-state index in [0.717, 1.165) is 4.47 Å². The number of carbonyl (C=O) groups is 2. The Morgan fingerprint density at radius 2 is 2.00 bits per heavy atom. The number of hydrogen-bond donors (Lipinski definition) is 2. The molecule has 0 radical (unpaired) electrons. The largest absolute Gasteiger partial charge is 0.356 e. The number of amides is 2. The lowest BCUT2D eigenvalue weighted by Gasteiger charge is -2.16. The molecule has 0 fully saturated rings. The molecule has 7 heteroatoms. The first-order chi connectivity index (χ1) is 9.95. The minimum Gasteiger partial charge on any atom is -0.356 e. The van der Waals surface area contributed by atoms with E-state index in [2.05, 4.69) is 26.2 Å². The molecule has 110 valence electrons. The highest BCUT2D eigenvalue weighted by atomic mass is 79.9. The number of rotatable bonds is 4. The molecule has 1 aromatic heterocycles. The molecule has 0 atom stereocenters. The summed E-state index contributed by atoms with van der Waals surface area (Å²) in [5.74, 6) is -0.536. The number of likely N-dealkylation sites (N-methyl/N-ethyl adjacent to an activating group) is 1. The van der Waals surface area contributed by atoms with E-state index >= 15 is 0 Å². The first-order valence-corrected chi connectivity index (χ1v) is 7.27. The van der Waals surface area contributed by atoms with Crippen LogP contribution in [0.4, 0.5) is 5.69 Å². The van der Waals surface area contributed by atoms with Crippen LogP contribution in [0.15, 0.2) is 41.0 Å². The van der Waals surface area contributed by atoms with Crippen molar-refractivity contribution in [3.63, 3.8) is 0 Å². The number of carbonyl (C=O) groups excluding carboxylic acids is 2. The number of H-pyrrole nitrogens is 1. The lowest BCUT2D eigenvalue weighted by Crippen LogP contribution is -2.35. The van der Waals surface area contributed by atoms with Crippen molar-refractivity contribution >= 4 is 45.0 Å². The van der Waals surface area contributed by atoms with Crippen LogP contribution in [0.1, 0.15) is 10.5 Å². The summed E-state index contributed by atoms with van der Waals surface area (Å²) in [7, 11) is 1.57. The molecular weight excluding hydrogens is 358 g/mol. The van der Waals surface area contributed by atoms with Gasteiger partial charge in [-0.2, -0.15) is 0 Å². The Hall–Kier alpha value is -1.79. The van der Waals surface area contributed by atoms with Crippen molar-refractivity contribution in [3.05, 3.63) is 51.7 Å². The van der Waals surface area contributed by atoms with E-state index in [1.54, 1.807) is 43.6 Å². The maximum absolute atomic E-state index is 12.1. The van der Waals surface area contributed by atoms with Gasteiger partial charge in [-0.05, 0) is 46.3 Å². The molecule has 1 aromatic carbocycles. The minimum atomic E-state index is -0.279. The zero-order chi connectivity index (χ0) is 15.4. The highest BCUT2D eigenvalue weighted by Gasteiger charge is 2.16. The number of nitrogens with one attached hydrogen (secondary N) is 2. The lowest BCUT2D eigenvalue weighted by molar-refractivity contribution is -0.116. The monoisotopic (exact) mass is 369 g/mol. The fraction of sp³-hybridized carbons (Fsp3) is 0.143. The van der Waals surface area contributed by atoms with Gasteiger partial charge in [-0.25, -0.2) is 0 Å². The Bertz CT molecular complexity index is 654. The fourth-order valence-electron chi connectivity index (χ4n) is 1.72. The van der Waals surface area contributed by atoms with Crippen LogP contribution in [0.2, 0.25) is 5.02 Å². The molecule has 0 aliphatic rings. The first kappa shape index (κ1) is 15.6. The molecule has 0 saturated carbocycles. The van der Waals surface area contributed by atoms with Crippen molar-refractivity contribution in [2.24, 2.45) is 0 Å². The van der Waals surface area contributed by atoms with Gasteiger partial charge in [-0.1, -0.05) is 11.6 Å². The van der Waals surface area contributed by atoms with Gasteiger partial charge in [0.25, 0.3) is 5.91 Å². The summed E-state index contributed by atoms with van der Waals surface area (Å²) in [5.41, 5.74) is 1.05. The average molecular weight is 371 g/mol. The summed E-state index contributed by atoms with van der Waals surface area (Å²) < 4.78 is 0.782. The van der Waals surface area contributed by atoms with Crippen LogP contribution in [-0.4, -0.2) is 35.3 Å². The Morgan fingerprint density at radius 1 is 1.33 bits per heavy atom. The van der Waals surface area contributed by atoms with Crippen LogP contribution >= 0.6 is 27.5 Å². The van der Waals surface area contributed by atoms with Crippen LogP contribution in [0.3, 0.4) is 0 Å². The number of aromatic nitrogens is 1. The second-order valence-electron chi connectivity index (χ2n) is 4.45. The quantitative estimate of drug-likeness (QED) is 0.868. The molecule has 0 unspecified atom stereocenters. The molecule has 2 amide bonds. The molecule has 2 aromatic rings. The van der Waals surface area contributed by atoms with Crippen LogP contribution in [0.5, 0.6) is 0 Å². The zero-order valence-corrected chi connectivity index (χ0v) is 13.5. The van der Waals surface area contributed by atoms with E-state index in [1.807, 2.05) is 0 Å². The van der Waals surface area contributed by atoms with Gasteiger partial charge in [-0.15, -0.1) is 0 Å². The van der Waals surface area contributed by atoms with Crippen molar-refractivity contribution in [1.82, 2.24) is 9.88 Å². The van der Waals surface area contributed by atoms with E-state index in [9.17, 15) is 9.59 Å². The molecule has 1 heterocycles. The fourth-order valence-corrected chi connectivity index (χ4v) is 2.19. The molecular formula is C14H13BrClN3O2. The second-order valence-corrected chi connectivity index (χ2v) is 5.80. The Kier molecular flexibility index (Phi) is 5.03. The van der Waals surface area contributed by atoms with E-state index in [-0.39, 0.29) is 18.4 Å². The molecule has 0 aliphatic carbocycles. The number of nitrogens with zero attached hydrogens (tertiary/aromatic N) is 1. The Morgan fingerprint density at radius 3 is 2.57 bits per heavy atom. The molecule has 0 aliphatic heterocycles. The summed E-state index contributed by atoms with van der Waals surface area (Å²) in [6, 6.07) is 8.43. The van der Waals surface area contributed by atoms with Gasteiger partial charge in [0.2, 0.25) is 5.91 Å². The maximum Gasteiger partial charge on any atom is 0.270 e. The van der Waals surface area contributed by atoms with Gasteiger partial charge >= 0.3 is 0 Å². The third kappa shape index (κ3) is 4.34. The van der Waals surface area contributed by atoms with Crippen molar-refractivity contribution in [3.8, 4) is 0 Å². The van der Waals surface area contributed by atoms with Crippen molar-refractivity contribution in [1.29, 1.82) is 0 Å². The second kappa shape index (κ2) is 6.78. The third-order valence-corrected chi connectivity index (χ3v) is 3.44. The van der Waals surface area contributed by atoms with Crippen molar-refractivity contribution in [2.75, 3.05) is 18.9 Å². The topological polar surface area (TPSA) is 65.2 Å². The number of halogens is 2. The van der Waals surface area contributed by atoms with Gasteiger partial charge < -0.3 is 15.2 Å². The maximum atomic E-state index is 12.1. The standard InChI is InChI=1S/C14H13BrClN3O2/c1-19(14(21)12-6-9(15)7-17-12)8-13(20)18-11-4-2-10(16)3-5-11/h2-7,17H,8H2,1H3,(H,18,20). The van der Waals surface area contributed by atoms with E-state index in [0.29, 0.717) is 16.4 Å². The molecule has 0 bridgehead atoms. The minimum absolute atomic E-state index is 0.0436.